The summed E-state index contributed by atoms with van der Waals surface area (Å²) in [7, 11) is 1.00. The first kappa shape index (κ1) is 21.9. The van der Waals surface area contributed by atoms with Gasteiger partial charge >= 0.3 is 18.2 Å². The highest BCUT2D eigenvalue weighted by molar-refractivity contribution is 5.84. The first-order chi connectivity index (χ1) is 11.6. The van der Waals surface area contributed by atoms with E-state index in [4.69, 9.17) is 9.47 Å². The van der Waals surface area contributed by atoms with Crippen LogP contribution in [0.2, 0.25) is 0 Å². The van der Waals surface area contributed by atoms with Crippen LogP contribution in [0.4, 0.5) is 18.4 Å². The van der Waals surface area contributed by atoms with Gasteiger partial charge in [-0.1, -0.05) is 0 Å². The minimum atomic E-state index is -3.42. The van der Waals surface area contributed by atoms with Crippen molar-refractivity contribution in [2.45, 2.75) is 71.1 Å². The van der Waals surface area contributed by atoms with Gasteiger partial charge in [-0.15, -0.1) is 0 Å². The molecular formula is C16H26F2N2O6. The van der Waals surface area contributed by atoms with Crippen LogP contribution in [0.5, 0.6) is 0 Å². The van der Waals surface area contributed by atoms with Gasteiger partial charge < -0.3 is 14.2 Å². The highest BCUT2D eigenvalue weighted by Gasteiger charge is 2.53. The van der Waals surface area contributed by atoms with Gasteiger partial charge in [0.15, 0.2) is 6.04 Å². The third-order valence-corrected chi connectivity index (χ3v) is 3.09. The van der Waals surface area contributed by atoms with Gasteiger partial charge in [0, 0.05) is 6.42 Å². The third kappa shape index (κ3) is 5.99. The number of alkyl halides is 2. The lowest BCUT2D eigenvalue weighted by atomic mass is 10.0. The minimum Gasteiger partial charge on any atom is -0.467 e. The summed E-state index contributed by atoms with van der Waals surface area (Å²) in [5.74, 6) is -4.52. The predicted octanol–water partition coefficient (Wildman–Crippen LogP) is 2.96. The van der Waals surface area contributed by atoms with Gasteiger partial charge in [-0.3, -0.25) is 0 Å². The molecule has 1 atom stereocenters. The molecule has 0 aliphatic carbocycles. The van der Waals surface area contributed by atoms with Gasteiger partial charge in [-0.25, -0.2) is 28.2 Å². The van der Waals surface area contributed by atoms with Crippen molar-refractivity contribution in [3.05, 3.63) is 0 Å². The van der Waals surface area contributed by atoms with E-state index in [-0.39, 0.29) is 0 Å². The van der Waals surface area contributed by atoms with Gasteiger partial charge in [0.2, 0.25) is 0 Å². The number of hydrazine groups is 1. The molecule has 0 aromatic carbocycles. The number of esters is 1. The number of ether oxygens (including phenoxy) is 3. The van der Waals surface area contributed by atoms with Crippen LogP contribution in [0, 0.1) is 0 Å². The molecule has 1 saturated heterocycles. The maximum absolute atomic E-state index is 14.1. The summed E-state index contributed by atoms with van der Waals surface area (Å²) in [5.41, 5.74) is -1.97. The fourth-order valence-corrected chi connectivity index (χ4v) is 2.22. The van der Waals surface area contributed by atoms with Crippen LogP contribution in [-0.2, 0) is 19.0 Å². The van der Waals surface area contributed by atoms with Gasteiger partial charge in [0.1, 0.15) is 17.7 Å². The normalized spacial score (nSPS) is 20.4. The van der Waals surface area contributed by atoms with Crippen molar-refractivity contribution in [3.8, 4) is 0 Å². The number of nitrogens with zero attached hydrogens (tertiary/aromatic N) is 2. The number of halogens is 2. The van der Waals surface area contributed by atoms with Crippen molar-refractivity contribution in [2.75, 3.05) is 13.7 Å². The maximum atomic E-state index is 14.1. The first-order valence-electron chi connectivity index (χ1n) is 8.04. The number of rotatable bonds is 1. The molecular weight excluding hydrogens is 354 g/mol. The van der Waals surface area contributed by atoms with E-state index in [1.54, 1.807) is 41.5 Å². The Morgan fingerprint density at radius 3 is 1.85 bits per heavy atom. The molecule has 1 fully saturated rings. The van der Waals surface area contributed by atoms with E-state index in [0.29, 0.717) is 10.0 Å². The molecule has 0 spiro atoms. The Kier molecular flexibility index (Phi) is 6.10. The summed E-state index contributed by atoms with van der Waals surface area (Å²) in [6.07, 6.45) is -3.33. The Hall–Kier alpha value is -2.13. The smallest absolute Gasteiger partial charge is 0.430 e. The second-order valence-corrected chi connectivity index (χ2v) is 7.96. The Labute approximate surface area is 151 Å². The summed E-state index contributed by atoms with van der Waals surface area (Å²) in [6, 6.07) is -1.73. The van der Waals surface area contributed by atoms with Gasteiger partial charge in [-0.05, 0) is 41.5 Å². The van der Waals surface area contributed by atoms with E-state index in [0.717, 1.165) is 7.11 Å². The average molecular weight is 380 g/mol. The molecule has 10 heteroatoms. The van der Waals surface area contributed by atoms with E-state index in [1.165, 1.54) is 0 Å². The van der Waals surface area contributed by atoms with Gasteiger partial charge in [0.25, 0.3) is 5.92 Å². The number of hydrogen-bond donors (Lipinski definition) is 0. The standard InChI is InChI=1S/C16H26F2N2O6/c1-14(2,3)25-12(22)19-9-16(17,18)8-10(11(21)24-7)20(19)13(23)26-15(4,5)6/h10H,8-9H2,1-7H3. The lowest BCUT2D eigenvalue weighted by molar-refractivity contribution is -0.187. The zero-order valence-corrected chi connectivity index (χ0v) is 16.1. The summed E-state index contributed by atoms with van der Waals surface area (Å²) < 4.78 is 43.0. The fraction of sp³-hybridized carbons (Fsp3) is 0.812. The van der Waals surface area contributed by atoms with E-state index >= 15 is 0 Å². The van der Waals surface area contributed by atoms with Crippen molar-refractivity contribution in [3.63, 3.8) is 0 Å². The van der Waals surface area contributed by atoms with Crippen LogP contribution >= 0.6 is 0 Å². The van der Waals surface area contributed by atoms with E-state index in [9.17, 15) is 23.2 Å². The molecule has 0 aromatic heterocycles. The van der Waals surface area contributed by atoms with Gasteiger partial charge in [0.05, 0.1) is 7.11 Å². The molecule has 0 aromatic rings. The SMILES string of the molecule is COC(=O)C1CC(F)(F)CN(C(=O)OC(C)(C)C)N1C(=O)OC(C)(C)C. The molecule has 0 N–H and O–H groups in total. The van der Waals surface area contributed by atoms with Crippen LogP contribution in [0.15, 0.2) is 0 Å². The molecule has 2 amide bonds. The Morgan fingerprint density at radius 2 is 1.42 bits per heavy atom. The number of methoxy groups -OCH3 is 1. The van der Waals surface area contributed by atoms with Crippen LogP contribution < -0.4 is 0 Å². The minimum absolute atomic E-state index is 0.393. The lowest BCUT2D eigenvalue weighted by Crippen LogP contribution is -2.66. The first-order valence-corrected chi connectivity index (χ1v) is 8.04. The van der Waals surface area contributed by atoms with Crippen molar-refractivity contribution < 1.29 is 37.4 Å². The fourth-order valence-electron chi connectivity index (χ4n) is 2.22. The van der Waals surface area contributed by atoms with Gasteiger partial charge in [-0.2, -0.15) is 5.01 Å². The van der Waals surface area contributed by atoms with Crippen molar-refractivity contribution >= 4 is 18.2 Å². The molecule has 8 nitrogen and oxygen atoms in total. The number of carbonyl (C=O) groups is 3. The van der Waals surface area contributed by atoms with Crippen molar-refractivity contribution in [1.29, 1.82) is 0 Å². The zero-order valence-electron chi connectivity index (χ0n) is 16.1. The summed E-state index contributed by atoms with van der Waals surface area (Å²) in [4.78, 5) is 36.9. The number of carbonyl (C=O) groups excluding carboxylic acids is 3. The monoisotopic (exact) mass is 380 g/mol. The molecule has 150 valence electrons. The molecule has 0 saturated carbocycles. The Bertz CT molecular complexity index is 568. The van der Waals surface area contributed by atoms with Crippen LogP contribution in [0.3, 0.4) is 0 Å². The molecule has 0 radical (unpaired) electrons. The lowest BCUT2D eigenvalue weighted by Gasteiger charge is -2.45. The zero-order chi connectivity index (χ0) is 20.5. The second-order valence-electron chi connectivity index (χ2n) is 7.96. The predicted molar refractivity (Wildman–Crippen MR) is 86.4 cm³/mol. The second kappa shape index (κ2) is 7.24. The third-order valence-electron chi connectivity index (χ3n) is 3.09. The van der Waals surface area contributed by atoms with E-state index in [1.807, 2.05) is 0 Å². The van der Waals surface area contributed by atoms with E-state index in [2.05, 4.69) is 4.74 Å². The topological polar surface area (TPSA) is 85.4 Å². The highest BCUT2D eigenvalue weighted by atomic mass is 19.3. The van der Waals surface area contributed by atoms with Crippen LogP contribution in [-0.4, -0.2) is 65.0 Å². The summed E-state index contributed by atoms with van der Waals surface area (Å²) in [5, 5.41) is 0.937. The van der Waals surface area contributed by atoms with Crippen molar-refractivity contribution in [1.82, 2.24) is 10.0 Å². The molecule has 1 aliphatic heterocycles. The maximum Gasteiger partial charge on any atom is 0.430 e. The van der Waals surface area contributed by atoms with Crippen LogP contribution in [0.1, 0.15) is 48.0 Å². The summed E-state index contributed by atoms with van der Waals surface area (Å²) in [6.45, 7) is 8.19. The molecule has 1 heterocycles. The van der Waals surface area contributed by atoms with Crippen molar-refractivity contribution in [2.24, 2.45) is 0 Å². The van der Waals surface area contributed by atoms with E-state index < -0.39 is 54.3 Å². The highest BCUT2D eigenvalue weighted by Crippen LogP contribution is 2.33. The molecule has 1 unspecified atom stereocenters. The molecule has 0 bridgehead atoms. The Balaban J connectivity index is 3.30. The quantitative estimate of drug-likeness (QED) is 0.514. The molecule has 26 heavy (non-hydrogen) atoms. The Morgan fingerprint density at radius 1 is 0.962 bits per heavy atom. The number of amides is 2. The number of hydrogen-bond acceptors (Lipinski definition) is 6. The average Bonchev–Trinajstić information content (AvgIpc) is 2.40. The largest absolute Gasteiger partial charge is 0.467 e. The molecule has 1 aliphatic rings. The molecule has 1 rings (SSSR count). The van der Waals surface area contributed by atoms with Crippen LogP contribution in [0.25, 0.3) is 0 Å². The summed E-state index contributed by atoms with van der Waals surface area (Å²) >= 11 is 0.